The summed E-state index contributed by atoms with van der Waals surface area (Å²) in [7, 11) is 1.83. The molecule has 0 N–H and O–H groups in total. The molecule has 0 aliphatic carbocycles. The van der Waals surface area contributed by atoms with Gasteiger partial charge in [-0.15, -0.1) is 0 Å². The summed E-state index contributed by atoms with van der Waals surface area (Å²) in [5.74, 6) is -0.409. The van der Waals surface area contributed by atoms with E-state index in [0.29, 0.717) is 39.6 Å². The van der Waals surface area contributed by atoms with Crippen LogP contribution >= 0.6 is 0 Å². The molecular formula is C33H29N3O5. The molecule has 3 aromatic carbocycles. The number of ketones is 1. The molecule has 0 spiro atoms. The largest absolute Gasteiger partial charge is 0.457 e. The fourth-order valence-corrected chi connectivity index (χ4v) is 5.66. The van der Waals surface area contributed by atoms with Gasteiger partial charge < -0.3 is 14.0 Å². The minimum absolute atomic E-state index is 0.194. The van der Waals surface area contributed by atoms with E-state index in [1.165, 1.54) is 0 Å². The van der Waals surface area contributed by atoms with E-state index in [2.05, 4.69) is 0 Å². The number of fused-ring (bicyclic) bond motifs is 2. The van der Waals surface area contributed by atoms with Crippen molar-refractivity contribution >= 4 is 11.8 Å². The average molecular weight is 548 g/mol. The van der Waals surface area contributed by atoms with Crippen molar-refractivity contribution in [2.24, 2.45) is 7.05 Å². The molecule has 0 amide bonds. The van der Waals surface area contributed by atoms with Crippen LogP contribution in [0.3, 0.4) is 0 Å². The van der Waals surface area contributed by atoms with Crippen LogP contribution in [0.2, 0.25) is 0 Å². The highest BCUT2D eigenvalue weighted by Crippen LogP contribution is 2.44. The minimum Gasteiger partial charge on any atom is -0.457 e. The van der Waals surface area contributed by atoms with Gasteiger partial charge in [0, 0.05) is 35.1 Å². The number of aromatic nitrogens is 3. The quantitative estimate of drug-likeness (QED) is 0.205. The highest BCUT2D eigenvalue weighted by Gasteiger charge is 2.34. The number of para-hydroxylation sites is 3. The van der Waals surface area contributed by atoms with Gasteiger partial charge in [-0.25, -0.2) is 4.68 Å². The smallest absolute Gasteiger partial charge is 0.318 e. The van der Waals surface area contributed by atoms with E-state index >= 15 is 0 Å². The predicted octanol–water partition coefficient (Wildman–Crippen LogP) is 5.56. The van der Waals surface area contributed by atoms with Crippen LogP contribution in [-0.2, 0) is 16.6 Å². The van der Waals surface area contributed by atoms with Crippen LogP contribution in [0.15, 0.2) is 89.7 Å². The van der Waals surface area contributed by atoms with Gasteiger partial charge in [0.25, 0.3) is 5.56 Å². The zero-order valence-electron chi connectivity index (χ0n) is 23.3. The zero-order valence-corrected chi connectivity index (χ0v) is 23.3. The SMILES string of the molecule is Cc1cc(C(=O)COC(=O)C2c3ccccc3Oc3ccccc32)c(C)n1-c1c(C)n(C)n(-c2ccccc2)c1=O. The molecule has 1 aliphatic heterocycles. The highest BCUT2D eigenvalue weighted by molar-refractivity contribution is 6.00. The third-order valence-corrected chi connectivity index (χ3v) is 7.74. The number of nitrogens with zero attached hydrogens (tertiary/aromatic N) is 3. The molecular weight excluding hydrogens is 518 g/mol. The van der Waals surface area contributed by atoms with Crippen molar-refractivity contribution in [1.29, 1.82) is 0 Å². The summed E-state index contributed by atoms with van der Waals surface area (Å²) in [6, 6.07) is 25.8. The number of carbonyl (C=O) groups is 2. The van der Waals surface area contributed by atoms with Crippen molar-refractivity contribution in [3.8, 4) is 22.9 Å². The Labute approximate surface area is 237 Å². The standard InChI is InChI=1S/C33H29N3O5/c1-20-18-26(21(2)35(20)31-22(3)34(4)36(32(31)38)23-12-6-5-7-13-23)27(37)19-40-33(39)30-24-14-8-10-16-28(24)41-29-17-11-9-15-25(29)30/h5-18,30H,19H2,1-4H3. The molecule has 8 nitrogen and oxygen atoms in total. The maximum Gasteiger partial charge on any atom is 0.318 e. The number of Topliss-reactive ketones (excluding diaryl/α,β-unsaturated/α-hetero) is 1. The number of carbonyl (C=O) groups excluding carboxylic acids is 2. The maximum atomic E-state index is 13.6. The van der Waals surface area contributed by atoms with Crippen molar-refractivity contribution in [1.82, 2.24) is 13.9 Å². The molecule has 0 unspecified atom stereocenters. The fourth-order valence-electron chi connectivity index (χ4n) is 5.66. The molecule has 206 valence electrons. The Kier molecular flexibility index (Phi) is 6.46. The first-order valence-electron chi connectivity index (χ1n) is 13.4. The molecule has 41 heavy (non-hydrogen) atoms. The molecule has 0 bridgehead atoms. The Bertz CT molecular complexity index is 1830. The van der Waals surface area contributed by atoms with Crippen molar-refractivity contribution < 1.29 is 19.1 Å². The molecule has 8 heteroatoms. The van der Waals surface area contributed by atoms with Gasteiger partial charge in [-0.2, -0.15) is 0 Å². The third kappa shape index (κ3) is 4.28. The van der Waals surface area contributed by atoms with Gasteiger partial charge in [0.1, 0.15) is 23.1 Å². The van der Waals surface area contributed by atoms with E-state index < -0.39 is 18.5 Å². The van der Waals surface area contributed by atoms with Crippen molar-refractivity contribution in [3.63, 3.8) is 0 Å². The first-order valence-corrected chi connectivity index (χ1v) is 13.4. The normalized spacial score (nSPS) is 12.4. The van der Waals surface area contributed by atoms with Crippen LogP contribution in [0.5, 0.6) is 11.5 Å². The number of hydrogen-bond acceptors (Lipinski definition) is 5. The Hall–Kier alpha value is -5.11. The molecule has 0 radical (unpaired) electrons. The lowest BCUT2D eigenvalue weighted by Crippen LogP contribution is -2.24. The summed E-state index contributed by atoms with van der Waals surface area (Å²) in [4.78, 5) is 40.5. The molecule has 1 aliphatic rings. The summed E-state index contributed by atoms with van der Waals surface area (Å²) in [6.07, 6.45) is 0. The lowest BCUT2D eigenvalue weighted by atomic mass is 9.88. The molecule has 5 aromatic rings. The van der Waals surface area contributed by atoms with Gasteiger partial charge in [0.2, 0.25) is 5.78 Å². The monoisotopic (exact) mass is 547 g/mol. The van der Waals surface area contributed by atoms with E-state index in [1.54, 1.807) is 26.9 Å². The Morgan fingerprint density at radius 2 is 1.41 bits per heavy atom. The Balaban J connectivity index is 1.29. The van der Waals surface area contributed by atoms with Crippen molar-refractivity contribution in [2.45, 2.75) is 26.7 Å². The number of aryl methyl sites for hydroxylation is 1. The Morgan fingerprint density at radius 1 is 0.829 bits per heavy atom. The van der Waals surface area contributed by atoms with Crippen molar-refractivity contribution in [2.75, 3.05) is 6.61 Å². The number of hydrogen-bond donors (Lipinski definition) is 0. The van der Waals surface area contributed by atoms with Gasteiger partial charge >= 0.3 is 5.97 Å². The van der Waals surface area contributed by atoms with Crippen molar-refractivity contribution in [3.05, 3.63) is 129 Å². The lowest BCUT2D eigenvalue weighted by Gasteiger charge is -2.26. The second-order valence-electron chi connectivity index (χ2n) is 10.2. The fraction of sp³-hybridized carbons (Fsp3) is 0.182. The molecule has 6 rings (SSSR count). The van der Waals surface area contributed by atoms with Crippen LogP contribution in [-0.4, -0.2) is 32.3 Å². The van der Waals surface area contributed by atoms with Gasteiger partial charge in [0.05, 0.1) is 11.4 Å². The molecule has 3 heterocycles. The van der Waals surface area contributed by atoms with Gasteiger partial charge in [-0.1, -0.05) is 54.6 Å². The van der Waals surface area contributed by atoms with Crippen LogP contribution in [0.1, 0.15) is 44.5 Å². The summed E-state index contributed by atoms with van der Waals surface area (Å²) >= 11 is 0. The first kappa shape index (κ1) is 26.1. The number of rotatable bonds is 6. The molecule has 0 saturated carbocycles. The van der Waals surface area contributed by atoms with Crippen LogP contribution in [0.4, 0.5) is 0 Å². The topological polar surface area (TPSA) is 84.5 Å². The average Bonchev–Trinajstić information content (AvgIpc) is 3.39. The predicted molar refractivity (Wildman–Crippen MR) is 155 cm³/mol. The van der Waals surface area contributed by atoms with E-state index in [0.717, 1.165) is 17.1 Å². The van der Waals surface area contributed by atoms with E-state index in [1.807, 2.05) is 99.8 Å². The molecule has 0 fully saturated rings. The Morgan fingerprint density at radius 3 is 2.05 bits per heavy atom. The second-order valence-corrected chi connectivity index (χ2v) is 10.2. The summed E-state index contributed by atoms with van der Waals surface area (Å²) in [5.41, 5.74) is 4.90. The van der Waals surface area contributed by atoms with E-state index in [9.17, 15) is 14.4 Å². The van der Waals surface area contributed by atoms with Crippen LogP contribution in [0.25, 0.3) is 11.4 Å². The van der Waals surface area contributed by atoms with Gasteiger partial charge in [0.15, 0.2) is 6.61 Å². The molecule has 0 atom stereocenters. The number of ether oxygens (including phenoxy) is 2. The van der Waals surface area contributed by atoms with Crippen LogP contribution in [0, 0.1) is 20.8 Å². The van der Waals surface area contributed by atoms with E-state index in [4.69, 9.17) is 9.47 Å². The van der Waals surface area contributed by atoms with E-state index in [-0.39, 0.29) is 11.3 Å². The van der Waals surface area contributed by atoms with Gasteiger partial charge in [-0.3, -0.25) is 19.1 Å². The first-order chi connectivity index (χ1) is 19.8. The highest BCUT2D eigenvalue weighted by atomic mass is 16.5. The van der Waals surface area contributed by atoms with Gasteiger partial charge in [-0.05, 0) is 51.1 Å². The lowest BCUT2D eigenvalue weighted by molar-refractivity contribution is -0.143. The molecule has 2 aromatic heterocycles. The molecule has 0 saturated heterocycles. The summed E-state index contributed by atoms with van der Waals surface area (Å²) in [6.45, 7) is 5.10. The maximum absolute atomic E-state index is 13.6. The second kappa shape index (κ2) is 10.1. The summed E-state index contributed by atoms with van der Waals surface area (Å²) in [5, 5.41) is 0. The zero-order chi connectivity index (χ0) is 28.8. The number of esters is 1. The van der Waals surface area contributed by atoms with Crippen LogP contribution < -0.4 is 10.3 Å². The summed E-state index contributed by atoms with van der Waals surface area (Å²) < 4.78 is 16.8. The number of benzene rings is 3. The third-order valence-electron chi connectivity index (χ3n) is 7.74. The minimum atomic E-state index is -0.709.